The minimum absolute atomic E-state index is 0.00368. The van der Waals surface area contributed by atoms with E-state index in [1.54, 1.807) is 20.8 Å². The summed E-state index contributed by atoms with van der Waals surface area (Å²) in [5.41, 5.74) is 0. The first-order valence-corrected chi connectivity index (χ1v) is 8.15. The fourth-order valence-corrected chi connectivity index (χ4v) is 1.98. The third-order valence-electron chi connectivity index (χ3n) is 2.31. The maximum Gasteiger partial charge on any atom is 0.237 e. The Kier molecular flexibility index (Phi) is 9.35. The van der Waals surface area contributed by atoms with Gasteiger partial charge in [0.15, 0.2) is 5.78 Å². The number of sulfonamides is 1. The lowest BCUT2D eigenvalue weighted by Crippen LogP contribution is -2.36. The van der Waals surface area contributed by atoms with E-state index in [1.165, 1.54) is 0 Å². The van der Waals surface area contributed by atoms with Crippen LogP contribution in [0.5, 0.6) is 0 Å². The van der Waals surface area contributed by atoms with E-state index in [9.17, 15) is 18.0 Å². The molecule has 0 rings (SSSR count). The number of ketones is 1. The zero-order valence-electron chi connectivity index (χ0n) is 12.2. The highest BCUT2D eigenvalue weighted by Gasteiger charge is 2.16. The first kappa shape index (κ1) is 19.0. The smallest absolute Gasteiger partial charge is 0.237 e. The molecule has 0 saturated carbocycles. The number of nitrogens with one attached hydrogen (secondary N) is 1. The van der Waals surface area contributed by atoms with E-state index in [0.29, 0.717) is 6.42 Å². The van der Waals surface area contributed by atoms with Gasteiger partial charge < -0.3 is 9.47 Å². The summed E-state index contributed by atoms with van der Waals surface area (Å²) >= 11 is 0. The number of Topliss-reactive ketones (excluding diaryl/α,β-unsaturated/α-hetero) is 1. The molecule has 1 amide bonds. The van der Waals surface area contributed by atoms with E-state index in [1.807, 2.05) is 4.72 Å². The molecule has 7 nitrogen and oxygen atoms in total. The number of rotatable bonds is 11. The Bertz CT molecular complexity index is 404. The predicted molar refractivity (Wildman–Crippen MR) is 73.7 cm³/mol. The van der Waals surface area contributed by atoms with E-state index >= 15 is 0 Å². The third kappa shape index (κ3) is 9.88. The third-order valence-corrected chi connectivity index (χ3v) is 3.52. The van der Waals surface area contributed by atoms with Crippen molar-refractivity contribution in [1.29, 1.82) is 0 Å². The van der Waals surface area contributed by atoms with Gasteiger partial charge in [-0.15, -0.1) is 0 Å². The molecule has 20 heavy (non-hydrogen) atoms. The zero-order valence-corrected chi connectivity index (χ0v) is 13.0. The minimum atomic E-state index is -3.66. The van der Waals surface area contributed by atoms with Gasteiger partial charge >= 0.3 is 0 Å². The lowest BCUT2D eigenvalue weighted by Gasteiger charge is -2.09. The Morgan fingerprint density at radius 3 is 2.25 bits per heavy atom. The van der Waals surface area contributed by atoms with Crippen molar-refractivity contribution in [2.75, 3.05) is 32.2 Å². The fourth-order valence-electron chi connectivity index (χ4n) is 0.999. The lowest BCUT2D eigenvalue weighted by molar-refractivity contribution is -0.124. The molecule has 0 aromatic rings. The van der Waals surface area contributed by atoms with Crippen LogP contribution in [-0.2, 0) is 29.1 Å². The van der Waals surface area contributed by atoms with Crippen molar-refractivity contribution in [3.63, 3.8) is 0 Å². The molecule has 0 radical (unpaired) electrons. The van der Waals surface area contributed by atoms with Crippen LogP contribution in [0, 0.1) is 5.92 Å². The van der Waals surface area contributed by atoms with Gasteiger partial charge in [0.05, 0.1) is 25.6 Å². The van der Waals surface area contributed by atoms with Gasteiger partial charge in [-0.2, -0.15) is 0 Å². The first-order chi connectivity index (χ1) is 9.28. The molecule has 8 heteroatoms. The summed E-state index contributed by atoms with van der Waals surface area (Å²) in [6, 6.07) is 0. The Hall–Kier alpha value is -0.990. The Morgan fingerprint density at radius 2 is 1.70 bits per heavy atom. The second-order valence-corrected chi connectivity index (χ2v) is 6.34. The molecule has 1 N–H and O–H groups in total. The Labute approximate surface area is 120 Å². The van der Waals surface area contributed by atoms with Gasteiger partial charge in [0, 0.05) is 12.3 Å². The van der Waals surface area contributed by atoms with Crippen LogP contribution in [0.3, 0.4) is 0 Å². The molecule has 0 fully saturated rings. The number of carbonyl (C=O) groups is 2. The van der Waals surface area contributed by atoms with Crippen molar-refractivity contribution >= 4 is 21.7 Å². The number of carbonyl (C=O) groups excluding carboxylic acids is 2. The highest BCUT2D eigenvalue weighted by Crippen LogP contribution is 1.94. The normalized spacial score (nSPS) is 11.6. The van der Waals surface area contributed by atoms with Gasteiger partial charge in [-0.05, 0) is 0 Å². The number of ether oxygens (including phenoxy) is 2. The molecule has 0 bridgehead atoms. The van der Waals surface area contributed by atoms with Crippen LogP contribution in [0.2, 0.25) is 0 Å². The van der Waals surface area contributed by atoms with Crippen molar-refractivity contribution in [3.8, 4) is 0 Å². The molecule has 0 aliphatic heterocycles. The van der Waals surface area contributed by atoms with Crippen molar-refractivity contribution in [2.45, 2.75) is 27.2 Å². The van der Waals surface area contributed by atoms with Gasteiger partial charge in [0.1, 0.15) is 6.61 Å². The zero-order chi connectivity index (χ0) is 15.6. The van der Waals surface area contributed by atoms with Crippen LogP contribution in [0.4, 0.5) is 0 Å². The van der Waals surface area contributed by atoms with Crippen LogP contribution >= 0.6 is 0 Å². The van der Waals surface area contributed by atoms with Crippen molar-refractivity contribution in [1.82, 2.24) is 4.72 Å². The molecule has 0 saturated heterocycles. The quantitative estimate of drug-likeness (QED) is 0.544. The molecule has 0 heterocycles. The standard InChI is InChI=1S/C12H23NO6S/c1-4-11(14)9-19-6-5-18-7-8-20(16,17)13-12(15)10(2)3/h10H,4-9H2,1-3H3,(H,13,15). The molecule has 0 aliphatic rings. The summed E-state index contributed by atoms with van der Waals surface area (Å²) < 4.78 is 35.0. The molecule has 0 atom stereocenters. The van der Waals surface area contributed by atoms with Gasteiger partial charge in [0.2, 0.25) is 15.9 Å². The summed E-state index contributed by atoms with van der Waals surface area (Å²) in [7, 11) is -3.66. The van der Waals surface area contributed by atoms with Crippen molar-refractivity contribution in [2.24, 2.45) is 5.92 Å². The Balaban J connectivity index is 3.69. The molecule has 0 aliphatic carbocycles. The van der Waals surface area contributed by atoms with E-state index < -0.39 is 21.8 Å². The number of amides is 1. The monoisotopic (exact) mass is 309 g/mol. The molecule has 0 spiro atoms. The summed E-state index contributed by atoms with van der Waals surface area (Å²) in [4.78, 5) is 22.1. The largest absolute Gasteiger partial charge is 0.378 e. The summed E-state index contributed by atoms with van der Waals surface area (Å²) in [6.45, 7) is 5.40. The molecule has 0 aromatic heterocycles. The molecule has 118 valence electrons. The van der Waals surface area contributed by atoms with Crippen LogP contribution in [0.25, 0.3) is 0 Å². The van der Waals surface area contributed by atoms with Gasteiger partial charge in [-0.1, -0.05) is 20.8 Å². The van der Waals surface area contributed by atoms with Crippen molar-refractivity contribution in [3.05, 3.63) is 0 Å². The van der Waals surface area contributed by atoms with Gasteiger partial charge in [-0.25, -0.2) is 8.42 Å². The Morgan fingerprint density at radius 1 is 1.10 bits per heavy atom. The molecule has 0 unspecified atom stereocenters. The van der Waals surface area contributed by atoms with Crippen molar-refractivity contribution < 1.29 is 27.5 Å². The molecular formula is C12H23NO6S. The SMILES string of the molecule is CCC(=O)COCCOCCS(=O)(=O)NC(=O)C(C)C. The first-order valence-electron chi connectivity index (χ1n) is 6.50. The van der Waals surface area contributed by atoms with E-state index in [2.05, 4.69) is 0 Å². The summed E-state index contributed by atoms with van der Waals surface area (Å²) in [6.07, 6.45) is 0.425. The predicted octanol–water partition coefficient (Wildman–Crippen LogP) is 0.101. The highest BCUT2D eigenvalue weighted by atomic mass is 32.2. The second kappa shape index (κ2) is 9.84. The highest BCUT2D eigenvalue weighted by molar-refractivity contribution is 7.90. The summed E-state index contributed by atoms with van der Waals surface area (Å²) in [5.74, 6) is -1.22. The maximum absolute atomic E-state index is 11.5. The summed E-state index contributed by atoms with van der Waals surface area (Å²) in [5, 5.41) is 0. The average molecular weight is 309 g/mol. The fraction of sp³-hybridized carbons (Fsp3) is 0.833. The molecular weight excluding hydrogens is 286 g/mol. The van der Waals surface area contributed by atoms with E-state index in [4.69, 9.17) is 9.47 Å². The van der Waals surface area contributed by atoms with Gasteiger partial charge in [0.25, 0.3) is 0 Å². The lowest BCUT2D eigenvalue weighted by atomic mass is 10.2. The number of hydrogen-bond acceptors (Lipinski definition) is 6. The molecule has 0 aromatic carbocycles. The minimum Gasteiger partial charge on any atom is -0.378 e. The van der Waals surface area contributed by atoms with Crippen LogP contribution < -0.4 is 4.72 Å². The van der Waals surface area contributed by atoms with Crippen LogP contribution in [0.1, 0.15) is 27.2 Å². The van der Waals surface area contributed by atoms with E-state index in [0.717, 1.165) is 0 Å². The maximum atomic E-state index is 11.5. The topological polar surface area (TPSA) is 98.8 Å². The van der Waals surface area contributed by atoms with E-state index in [-0.39, 0.29) is 38.0 Å². The second-order valence-electron chi connectivity index (χ2n) is 4.50. The van der Waals surface area contributed by atoms with Gasteiger partial charge in [-0.3, -0.25) is 14.3 Å². The number of hydrogen-bond donors (Lipinski definition) is 1. The van der Waals surface area contributed by atoms with Crippen LogP contribution in [-0.4, -0.2) is 52.3 Å². The average Bonchev–Trinajstić information content (AvgIpc) is 2.36. The van der Waals surface area contributed by atoms with Crippen LogP contribution in [0.15, 0.2) is 0 Å².